The summed E-state index contributed by atoms with van der Waals surface area (Å²) in [5.41, 5.74) is 0.479. The van der Waals surface area contributed by atoms with Gasteiger partial charge in [0.1, 0.15) is 5.75 Å². The molecule has 1 aromatic carbocycles. The van der Waals surface area contributed by atoms with Crippen LogP contribution in [0.3, 0.4) is 0 Å². The Balaban J connectivity index is 2.02. The normalized spacial score (nSPS) is 18.0. The van der Waals surface area contributed by atoms with Gasteiger partial charge in [0.05, 0.1) is 11.7 Å². The third-order valence-corrected chi connectivity index (χ3v) is 3.47. The molecule has 1 aliphatic rings. The monoisotopic (exact) mass is 282 g/mol. The highest BCUT2D eigenvalue weighted by atomic mass is 32.2. The topological polar surface area (TPSA) is 87.7 Å². The van der Waals surface area contributed by atoms with Gasteiger partial charge in [0.25, 0.3) is 0 Å². The lowest BCUT2D eigenvalue weighted by atomic mass is 10.2. The van der Waals surface area contributed by atoms with E-state index in [2.05, 4.69) is 10.6 Å². The van der Waals surface area contributed by atoms with Crippen LogP contribution in [-0.4, -0.2) is 41.3 Å². The van der Waals surface area contributed by atoms with Crippen LogP contribution in [0.2, 0.25) is 0 Å². The van der Waals surface area contributed by atoms with Gasteiger partial charge in [0.2, 0.25) is 5.91 Å². The van der Waals surface area contributed by atoms with Crippen LogP contribution in [-0.2, 0) is 9.59 Å². The maximum atomic E-state index is 11.9. The van der Waals surface area contributed by atoms with E-state index >= 15 is 0 Å². The molecule has 1 heterocycles. The minimum atomic E-state index is -1.06. The van der Waals surface area contributed by atoms with Crippen LogP contribution in [0.1, 0.15) is 0 Å². The van der Waals surface area contributed by atoms with Gasteiger partial charge < -0.3 is 15.2 Å². The quantitative estimate of drug-likeness (QED) is 0.738. The minimum Gasteiger partial charge on any atom is -0.480 e. The van der Waals surface area contributed by atoms with E-state index in [4.69, 9.17) is 9.84 Å². The highest BCUT2D eigenvalue weighted by Crippen LogP contribution is 2.24. The molecule has 1 fully saturated rings. The summed E-state index contributed by atoms with van der Waals surface area (Å²) in [6, 6.07) is 6.54. The van der Waals surface area contributed by atoms with Gasteiger partial charge >= 0.3 is 5.97 Å². The third-order valence-electron chi connectivity index (χ3n) is 2.53. The number of rotatable bonds is 5. The molecule has 0 aliphatic carbocycles. The predicted molar refractivity (Wildman–Crippen MR) is 72.5 cm³/mol. The van der Waals surface area contributed by atoms with Crippen LogP contribution in [0, 0.1) is 0 Å². The van der Waals surface area contributed by atoms with E-state index in [1.807, 2.05) is 0 Å². The molecule has 102 valence electrons. The predicted octanol–water partition coefficient (Wildman–Crippen LogP) is 0.751. The highest BCUT2D eigenvalue weighted by molar-refractivity contribution is 7.99. The largest absolute Gasteiger partial charge is 0.480 e. The molecular formula is C12H14N2O4S. The maximum absolute atomic E-state index is 11.9. The average Bonchev–Trinajstić information content (AvgIpc) is 2.91. The van der Waals surface area contributed by atoms with Crippen molar-refractivity contribution in [2.45, 2.75) is 6.04 Å². The molecule has 1 aliphatic heterocycles. The summed E-state index contributed by atoms with van der Waals surface area (Å²) in [6.07, 6.45) is 0. The standard InChI is InChI=1S/C12H14N2O4S/c15-11(16)5-18-10-4-2-1-3-8(10)14-12(17)9-6-19-7-13-9/h1-4,9,13H,5-7H2,(H,14,17)(H,15,16). The van der Waals surface area contributed by atoms with Crippen LogP contribution in [0.5, 0.6) is 5.75 Å². The van der Waals surface area contributed by atoms with E-state index in [9.17, 15) is 9.59 Å². The zero-order valence-electron chi connectivity index (χ0n) is 10.1. The smallest absolute Gasteiger partial charge is 0.341 e. The van der Waals surface area contributed by atoms with Gasteiger partial charge in [-0.15, -0.1) is 11.8 Å². The molecule has 0 bridgehead atoms. The van der Waals surface area contributed by atoms with E-state index in [-0.39, 0.29) is 11.9 Å². The lowest BCUT2D eigenvalue weighted by Gasteiger charge is -2.13. The van der Waals surface area contributed by atoms with Gasteiger partial charge in [0.15, 0.2) is 6.61 Å². The van der Waals surface area contributed by atoms with Gasteiger partial charge in [-0.1, -0.05) is 12.1 Å². The first-order valence-corrected chi connectivity index (χ1v) is 6.88. The summed E-state index contributed by atoms with van der Waals surface area (Å²) in [5, 5.41) is 14.4. The number of nitrogens with one attached hydrogen (secondary N) is 2. The van der Waals surface area contributed by atoms with Crippen molar-refractivity contribution in [3.8, 4) is 5.75 Å². The van der Waals surface area contributed by atoms with Gasteiger partial charge in [-0.05, 0) is 12.1 Å². The number of benzene rings is 1. The van der Waals surface area contributed by atoms with Crippen LogP contribution >= 0.6 is 11.8 Å². The summed E-state index contributed by atoms with van der Waals surface area (Å²) in [7, 11) is 0. The van der Waals surface area contributed by atoms with Crippen molar-refractivity contribution in [3.05, 3.63) is 24.3 Å². The number of carboxylic acid groups (broad SMARTS) is 1. The van der Waals surface area contributed by atoms with Crippen LogP contribution in [0.15, 0.2) is 24.3 Å². The first-order valence-electron chi connectivity index (χ1n) is 5.72. The van der Waals surface area contributed by atoms with E-state index in [0.29, 0.717) is 11.4 Å². The lowest BCUT2D eigenvalue weighted by Crippen LogP contribution is -2.37. The Kier molecular flexibility index (Phi) is 4.64. The fourth-order valence-corrected chi connectivity index (χ4v) is 2.56. The molecule has 7 heteroatoms. The Bertz CT molecular complexity index is 475. The molecule has 3 N–H and O–H groups in total. The first kappa shape index (κ1) is 13.7. The van der Waals surface area contributed by atoms with Crippen LogP contribution in [0.25, 0.3) is 0 Å². The lowest BCUT2D eigenvalue weighted by molar-refractivity contribution is -0.139. The summed E-state index contributed by atoms with van der Waals surface area (Å²) < 4.78 is 5.12. The highest BCUT2D eigenvalue weighted by Gasteiger charge is 2.23. The number of anilines is 1. The Morgan fingerprint density at radius 2 is 2.26 bits per heavy atom. The average molecular weight is 282 g/mol. The zero-order chi connectivity index (χ0) is 13.7. The van der Waals surface area contributed by atoms with Crippen molar-refractivity contribution in [1.82, 2.24) is 5.32 Å². The molecule has 1 amide bonds. The second kappa shape index (κ2) is 6.44. The van der Waals surface area contributed by atoms with Gasteiger partial charge in [-0.3, -0.25) is 10.1 Å². The minimum absolute atomic E-state index is 0.142. The Labute approximate surface area is 114 Å². The number of carboxylic acids is 1. The number of para-hydroxylation sites is 2. The maximum Gasteiger partial charge on any atom is 0.341 e. The number of ether oxygens (including phenoxy) is 1. The molecule has 1 atom stereocenters. The van der Waals surface area contributed by atoms with E-state index in [0.717, 1.165) is 11.6 Å². The number of thioether (sulfide) groups is 1. The van der Waals surface area contributed by atoms with Gasteiger partial charge in [-0.25, -0.2) is 4.79 Å². The molecule has 0 spiro atoms. The fourth-order valence-electron chi connectivity index (χ4n) is 1.62. The van der Waals surface area contributed by atoms with Crippen LogP contribution < -0.4 is 15.4 Å². The number of hydrogen-bond donors (Lipinski definition) is 3. The Hall–Kier alpha value is -1.73. The molecule has 1 unspecified atom stereocenters. The van der Waals surface area contributed by atoms with E-state index < -0.39 is 12.6 Å². The van der Waals surface area contributed by atoms with Crippen molar-refractivity contribution in [2.75, 3.05) is 23.6 Å². The van der Waals surface area contributed by atoms with E-state index in [1.165, 1.54) is 0 Å². The Morgan fingerprint density at radius 1 is 1.47 bits per heavy atom. The van der Waals surface area contributed by atoms with Gasteiger partial charge in [0, 0.05) is 11.6 Å². The number of aliphatic carboxylic acids is 1. The SMILES string of the molecule is O=C(O)COc1ccccc1NC(=O)C1CSCN1. The summed E-state index contributed by atoms with van der Waals surface area (Å²) in [6.45, 7) is -0.440. The molecule has 1 aromatic rings. The second-order valence-electron chi connectivity index (χ2n) is 3.94. The molecule has 0 aromatic heterocycles. The second-order valence-corrected chi connectivity index (χ2v) is 4.97. The first-order chi connectivity index (χ1) is 9.16. The van der Waals surface area contributed by atoms with Crippen molar-refractivity contribution < 1.29 is 19.4 Å². The van der Waals surface area contributed by atoms with Crippen molar-refractivity contribution >= 4 is 29.3 Å². The van der Waals surface area contributed by atoms with Crippen molar-refractivity contribution in [2.24, 2.45) is 0 Å². The van der Waals surface area contributed by atoms with Gasteiger partial charge in [-0.2, -0.15) is 0 Å². The van der Waals surface area contributed by atoms with Crippen molar-refractivity contribution in [1.29, 1.82) is 0 Å². The molecule has 0 saturated carbocycles. The zero-order valence-corrected chi connectivity index (χ0v) is 10.9. The molecule has 2 rings (SSSR count). The third kappa shape index (κ3) is 3.87. The van der Waals surface area contributed by atoms with Crippen molar-refractivity contribution in [3.63, 3.8) is 0 Å². The summed E-state index contributed by atoms with van der Waals surface area (Å²) >= 11 is 1.66. The van der Waals surface area contributed by atoms with E-state index in [1.54, 1.807) is 36.0 Å². The number of hydrogen-bond acceptors (Lipinski definition) is 5. The summed E-state index contributed by atoms with van der Waals surface area (Å²) in [4.78, 5) is 22.4. The molecule has 1 saturated heterocycles. The molecule has 6 nitrogen and oxygen atoms in total. The molecule has 0 radical (unpaired) electrons. The Morgan fingerprint density at radius 3 is 2.95 bits per heavy atom. The fraction of sp³-hybridized carbons (Fsp3) is 0.333. The number of carbonyl (C=O) groups is 2. The number of amides is 1. The summed E-state index contributed by atoms with van der Waals surface area (Å²) in [5.74, 6) is 0.634. The van der Waals surface area contributed by atoms with Crippen LogP contribution in [0.4, 0.5) is 5.69 Å². The molecule has 19 heavy (non-hydrogen) atoms. The molecular weight excluding hydrogens is 268 g/mol. The number of carbonyl (C=O) groups excluding carboxylic acids is 1.